The van der Waals surface area contributed by atoms with Crippen LogP contribution < -0.4 is 27.6 Å². The van der Waals surface area contributed by atoms with Crippen LogP contribution in [-0.4, -0.2) is 37.2 Å². The molecule has 0 aromatic rings. The van der Waals surface area contributed by atoms with Crippen molar-refractivity contribution in [3.63, 3.8) is 0 Å². The summed E-state index contributed by atoms with van der Waals surface area (Å²) in [6.45, 7) is 4.56. The molecule has 0 saturated carbocycles. The van der Waals surface area contributed by atoms with Crippen LogP contribution in [0.2, 0.25) is 0 Å². The first-order valence-electron chi connectivity index (χ1n) is 4.52. The lowest BCUT2D eigenvalue weighted by Crippen LogP contribution is -2.40. The maximum atomic E-state index is 5.23. The molecule has 0 aromatic carbocycles. The highest BCUT2D eigenvalue weighted by molar-refractivity contribution is 5.91. The number of hydrazone groups is 1. The Hall–Kier alpha value is -1.31. The zero-order chi connectivity index (χ0) is 10.2. The van der Waals surface area contributed by atoms with Gasteiger partial charge in [-0.1, -0.05) is 0 Å². The molecular formula is C7H17N7. The molecule has 7 heteroatoms. The summed E-state index contributed by atoms with van der Waals surface area (Å²) in [5.74, 6) is 5.52. The molecule has 0 unspecified atom stereocenters. The van der Waals surface area contributed by atoms with Crippen LogP contribution >= 0.6 is 0 Å². The van der Waals surface area contributed by atoms with Crippen molar-refractivity contribution >= 4 is 5.84 Å². The smallest absolute Gasteiger partial charge is 0.148 e. The van der Waals surface area contributed by atoms with Gasteiger partial charge in [0.1, 0.15) is 5.84 Å². The van der Waals surface area contributed by atoms with Gasteiger partial charge in [-0.2, -0.15) is 0 Å². The Morgan fingerprint density at radius 2 is 1.79 bits per heavy atom. The van der Waals surface area contributed by atoms with Crippen LogP contribution in [0.4, 0.5) is 0 Å². The maximum Gasteiger partial charge on any atom is 0.148 e. The Labute approximate surface area is 83.1 Å². The van der Waals surface area contributed by atoms with Gasteiger partial charge >= 0.3 is 0 Å². The molecule has 1 saturated heterocycles. The summed E-state index contributed by atoms with van der Waals surface area (Å²) >= 11 is 0. The van der Waals surface area contributed by atoms with Crippen molar-refractivity contribution in [3.05, 3.63) is 12.3 Å². The largest absolute Gasteiger partial charge is 0.382 e. The van der Waals surface area contributed by atoms with Crippen LogP contribution in [-0.2, 0) is 0 Å². The van der Waals surface area contributed by atoms with E-state index >= 15 is 0 Å². The Kier molecular flexibility index (Phi) is 4.76. The molecule has 0 spiro atoms. The van der Waals surface area contributed by atoms with E-state index in [1.54, 1.807) is 12.3 Å². The minimum Gasteiger partial charge on any atom is -0.382 e. The number of piperazine rings is 1. The van der Waals surface area contributed by atoms with Crippen LogP contribution in [0.25, 0.3) is 0 Å². The van der Waals surface area contributed by atoms with Crippen LogP contribution in [0.15, 0.2) is 17.4 Å². The number of hydrogen-bond donors (Lipinski definition) is 5. The van der Waals surface area contributed by atoms with E-state index in [2.05, 4.69) is 21.2 Å². The van der Waals surface area contributed by atoms with Crippen LogP contribution in [0.1, 0.15) is 0 Å². The summed E-state index contributed by atoms with van der Waals surface area (Å²) in [7, 11) is 0. The van der Waals surface area contributed by atoms with Gasteiger partial charge in [-0.15, -0.1) is 10.3 Å². The Morgan fingerprint density at radius 3 is 2.07 bits per heavy atom. The fourth-order valence-electron chi connectivity index (χ4n) is 0.989. The third kappa shape index (κ3) is 4.65. The van der Waals surface area contributed by atoms with Crippen molar-refractivity contribution in [1.82, 2.24) is 21.3 Å². The highest BCUT2D eigenvalue weighted by Crippen LogP contribution is 1.81. The number of nitrogens with two attached hydrogens (primary N) is 2. The Morgan fingerprint density at radius 1 is 1.21 bits per heavy atom. The minimum absolute atomic E-state index is 0.395. The van der Waals surface area contributed by atoms with Gasteiger partial charge in [0.25, 0.3) is 0 Å². The molecule has 2 rings (SSSR count). The van der Waals surface area contributed by atoms with E-state index in [1.807, 2.05) is 0 Å². The van der Waals surface area contributed by atoms with Gasteiger partial charge in [0.15, 0.2) is 0 Å². The number of nitrogens with one attached hydrogen (secondary N) is 3. The lowest BCUT2D eigenvalue weighted by atomic mass is 10.4. The van der Waals surface area contributed by atoms with Crippen molar-refractivity contribution in [3.8, 4) is 0 Å². The number of hydrazine groups is 2. The predicted molar refractivity (Wildman–Crippen MR) is 55.7 cm³/mol. The monoisotopic (exact) mass is 199 g/mol. The number of amidine groups is 1. The average molecular weight is 199 g/mol. The second-order valence-electron chi connectivity index (χ2n) is 2.83. The van der Waals surface area contributed by atoms with E-state index in [0.717, 1.165) is 31.4 Å². The lowest BCUT2D eigenvalue weighted by molar-refractivity contribution is 0.236. The molecule has 2 aliphatic heterocycles. The number of rotatable bonds is 0. The molecule has 1 fully saturated rings. The standard InChI is InChI=1S/C4H10N2.C3H7N5/c1-2-6-4-3-5-1;4-3-1-2-6-8(5)7-3/h5-6H,1-4H2;1-2,6H,5H2,(H2,4,7). The summed E-state index contributed by atoms with van der Waals surface area (Å²) in [5.41, 5.74) is 7.80. The topological polar surface area (TPSA) is 104 Å². The van der Waals surface area contributed by atoms with Gasteiger partial charge in [0, 0.05) is 32.4 Å². The molecular weight excluding hydrogens is 182 g/mol. The number of hydrogen-bond acceptors (Lipinski definition) is 7. The van der Waals surface area contributed by atoms with Gasteiger partial charge < -0.3 is 16.4 Å². The SMILES string of the molecule is C1CNCCN1.NC1=NN(N)NC=C1. The molecule has 0 aliphatic carbocycles. The molecule has 7 nitrogen and oxygen atoms in total. The third-order valence-electron chi connectivity index (χ3n) is 1.64. The van der Waals surface area contributed by atoms with Crippen LogP contribution in [0.5, 0.6) is 0 Å². The van der Waals surface area contributed by atoms with Gasteiger partial charge in [-0.3, -0.25) is 5.43 Å². The first-order chi connectivity index (χ1) is 6.79. The van der Waals surface area contributed by atoms with Crippen molar-refractivity contribution in [2.24, 2.45) is 16.7 Å². The molecule has 14 heavy (non-hydrogen) atoms. The van der Waals surface area contributed by atoms with Gasteiger partial charge in [-0.05, 0) is 6.08 Å². The molecule has 0 bridgehead atoms. The third-order valence-corrected chi connectivity index (χ3v) is 1.64. The van der Waals surface area contributed by atoms with E-state index < -0.39 is 0 Å². The van der Waals surface area contributed by atoms with Crippen LogP contribution in [0, 0.1) is 0 Å². The van der Waals surface area contributed by atoms with E-state index in [4.69, 9.17) is 11.6 Å². The van der Waals surface area contributed by atoms with Gasteiger partial charge in [0.2, 0.25) is 0 Å². The summed E-state index contributed by atoms with van der Waals surface area (Å²) in [6.07, 6.45) is 3.21. The van der Waals surface area contributed by atoms with E-state index in [0.29, 0.717) is 5.84 Å². The lowest BCUT2D eigenvalue weighted by Gasteiger charge is -2.14. The normalized spacial score (nSPS) is 20.4. The molecule has 80 valence electrons. The molecule has 0 amide bonds. The second kappa shape index (κ2) is 6.19. The number of nitrogens with zero attached hydrogens (tertiary/aromatic N) is 2. The Balaban J connectivity index is 0.000000146. The van der Waals surface area contributed by atoms with Crippen molar-refractivity contribution < 1.29 is 0 Å². The highest BCUT2D eigenvalue weighted by atomic mass is 15.8. The molecule has 2 aliphatic rings. The first kappa shape index (κ1) is 10.8. The maximum absolute atomic E-state index is 5.23. The average Bonchev–Trinajstić information content (AvgIpc) is 2.21. The molecule has 0 radical (unpaired) electrons. The highest BCUT2D eigenvalue weighted by Gasteiger charge is 1.94. The molecule has 2 heterocycles. The predicted octanol–water partition coefficient (Wildman–Crippen LogP) is -2.35. The first-order valence-corrected chi connectivity index (χ1v) is 4.52. The second-order valence-corrected chi connectivity index (χ2v) is 2.83. The summed E-state index contributed by atoms with van der Waals surface area (Å²) in [6, 6.07) is 0. The zero-order valence-corrected chi connectivity index (χ0v) is 8.03. The summed E-state index contributed by atoms with van der Waals surface area (Å²) in [5, 5.41) is 11.1. The van der Waals surface area contributed by atoms with E-state index in [-0.39, 0.29) is 0 Å². The van der Waals surface area contributed by atoms with Crippen molar-refractivity contribution in [2.45, 2.75) is 0 Å². The van der Waals surface area contributed by atoms with Crippen molar-refractivity contribution in [1.29, 1.82) is 0 Å². The quantitative estimate of drug-likeness (QED) is 0.280. The van der Waals surface area contributed by atoms with Gasteiger partial charge in [0.05, 0.1) is 0 Å². The van der Waals surface area contributed by atoms with Crippen LogP contribution in [0.3, 0.4) is 0 Å². The van der Waals surface area contributed by atoms with E-state index in [1.165, 1.54) is 0 Å². The van der Waals surface area contributed by atoms with E-state index in [9.17, 15) is 0 Å². The molecule has 7 N–H and O–H groups in total. The fourth-order valence-corrected chi connectivity index (χ4v) is 0.989. The Bertz CT molecular complexity index is 197. The molecule has 0 aromatic heterocycles. The molecule has 0 atom stereocenters. The minimum atomic E-state index is 0.395. The van der Waals surface area contributed by atoms with Gasteiger partial charge in [-0.25, -0.2) is 5.84 Å². The summed E-state index contributed by atoms with van der Waals surface area (Å²) < 4.78 is 0. The zero-order valence-electron chi connectivity index (χ0n) is 8.03. The summed E-state index contributed by atoms with van der Waals surface area (Å²) in [4.78, 5) is 0. The van der Waals surface area contributed by atoms with Crippen molar-refractivity contribution in [2.75, 3.05) is 26.2 Å². The fraction of sp³-hybridized carbons (Fsp3) is 0.571.